The molecule has 4 aromatic rings. The normalized spacial score (nSPS) is 18.7. The topological polar surface area (TPSA) is 167 Å². The summed E-state index contributed by atoms with van der Waals surface area (Å²) in [7, 11) is -7.25. The van der Waals surface area contributed by atoms with Crippen LogP contribution in [0.15, 0.2) is 58.3 Å². The summed E-state index contributed by atoms with van der Waals surface area (Å²) in [5.74, 6) is -1.11. The van der Waals surface area contributed by atoms with Crippen LogP contribution in [0.2, 0.25) is 0 Å². The number of aromatic nitrogens is 2. The van der Waals surface area contributed by atoms with Gasteiger partial charge in [0.2, 0.25) is 20.0 Å². The van der Waals surface area contributed by atoms with Crippen LogP contribution in [0.1, 0.15) is 116 Å². The van der Waals surface area contributed by atoms with Crippen molar-refractivity contribution >= 4 is 32.0 Å². The van der Waals surface area contributed by atoms with Gasteiger partial charge in [-0.1, -0.05) is 64.1 Å². The van der Waals surface area contributed by atoms with Crippen molar-refractivity contribution in [1.82, 2.24) is 17.7 Å². The number of rotatable bonds is 13. The van der Waals surface area contributed by atoms with Crippen molar-refractivity contribution in [3.8, 4) is 0 Å². The number of esters is 1. The van der Waals surface area contributed by atoms with Crippen LogP contribution >= 0.6 is 0 Å². The smallest absolute Gasteiger partial charge is 0.325 e. The van der Waals surface area contributed by atoms with Crippen molar-refractivity contribution < 1.29 is 45.7 Å². The van der Waals surface area contributed by atoms with Gasteiger partial charge in [-0.3, -0.25) is 9.59 Å². The lowest BCUT2D eigenvalue weighted by Crippen LogP contribution is -2.40. The molecule has 8 rings (SSSR count). The first kappa shape index (κ1) is 49.6. The zero-order chi connectivity index (χ0) is 47.6. The van der Waals surface area contributed by atoms with Gasteiger partial charge in [-0.2, -0.15) is 8.61 Å². The van der Waals surface area contributed by atoms with Crippen LogP contribution in [-0.2, 0) is 93.4 Å². The molecule has 0 amide bonds. The Morgan fingerprint density at radius 2 is 1.05 bits per heavy atom. The Morgan fingerprint density at radius 3 is 1.44 bits per heavy atom. The Kier molecular flexibility index (Phi) is 15.1. The first-order chi connectivity index (χ1) is 31.3. The highest BCUT2D eigenvalue weighted by Crippen LogP contribution is 2.44. The fourth-order valence-electron chi connectivity index (χ4n) is 10.8. The minimum atomic E-state index is -3.63. The fraction of sp³-hybridized carbons (Fsp3) is 0.560. The Labute approximate surface area is 391 Å². The molecule has 2 aliphatic heterocycles. The Balaban J connectivity index is 0.000000197. The molecule has 0 spiro atoms. The second-order valence-corrected chi connectivity index (χ2v) is 23.0. The van der Waals surface area contributed by atoms with E-state index in [9.17, 15) is 31.5 Å². The van der Waals surface area contributed by atoms with E-state index in [4.69, 9.17) is 14.2 Å². The maximum Gasteiger partial charge on any atom is 0.325 e. The van der Waals surface area contributed by atoms with E-state index in [1.165, 1.54) is 25.4 Å². The van der Waals surface area contributed by atoms with E-state index in [-0.39, 0.29) is 29.9 Å². The third-order valence-corrected chi connectivity index (χ3v) is 18.0. The number of carboxylic acids is 1. The molecule has 2 aromatic carbocycles. The number of morpholine rings is 2. The van der Waals surface area contributed by atoms with Crippen molar-refractivity contribution in [3.05, 3.63) is 105 Å². The number of benzene rings is 2. The van der Waals surface area contributed by atoms with Crippen molar-refractivity contribution in [2.45, 2.75) is 134 Å². The zero-order valence-electron chi connectivity index (χ0n) is 39.8. The molecule has 66 heavy (non-hydrogen) atoms. The van der Waals surface area contributed by atoms with Gasteiger partial charge in [0.05, 0.1) is 42.8 Å². The minimum absolute atomic E-state index is 0.0670. The van der Waals surface area contributed by atoms with E-state index < -0.39 is 26.0 Å². The maximum atomic E-state index is 13.5. The van der Waals surface area contributed by atoms with Gasteiger partial charge in [0.15, 0.2) is 0 Å². The third-order valence-electron chi connectivity index (χ3n) is 14.0. The summed E-state index contributed by atoms with van der Waals surface area (Å²) in [6, 6.07) is 14.5. The van der Waals surface area contributed by atoms with Crippen molar-refractivity contribution in [2.24, 2.45) is 0 Å². The van der Waals surface area contributed by atoms with E-state index in [2.05, 4.69) is 32.3 Å². The van der Waals surface area contributed by atoms with Gasteiger partial charge < -0.3 is 28.5 Å². The lowest BCUT2D eigenvalue weighted by Gasteiger charge is -2.32. The quantitative estimate of drug-likeness (QED) is 0.143. The zero-order valence-corrected chi connectivity index (χ0v) is 41.4. The second-order valence-electron chi connectivity index (χ2n) is 19.2. The van der Waals surface area contributed by atoms with Crippen LogP contribution in [0.3, 0.4) is 0 Å². The molecular formula is C50H68N4O10S2. The summed E-state index contributed by atoms with van der Waals surface area (Å²) in [5.41, 5.74) is 10.2. The summed E-state index contributed by atoms with van der Waals surface area (Å²) in [4.78, 5) is 24.8. The van der Waals surface area contributed by atoms with Gasteiger partial charge in [0, 0.05) is 72.6 Å². The number of carboxylic acid groups (broad SMARTS) is 1. The predicted molar refractivity (Wildman–Crippen MR) is 252 cm³/mol. The van der Waals surface area contributed by atoms with Crippen molar-refractivity contribution in [1.29, 1.82) is 0 Å². The van der Waals surface area contributed by atoms with E-state index in [1.807, 2.05) is 49.6 Å². The van der Waals surface area contributed by atoms with Crippen LogP contribution in [-0.4, -0.2) is 111 Å². The van der Waals surface area contributed by atoms with E-state index in [1.54, 1.807) is 24.3 Å². The first-order valence-electron chi connectivity index (χ1n) is 23.4. The largest absolute Gasteiger partial charge is 0.480 e. The fourth-order valence-corrected chi connectivity index (χ4v) is 14.1. The van der Waals surface area contributed by atoms with E-state index in [0.717, 1.165) is 77.9 Å². The van der Waals surface area contributed by atoms with Crippen LogP contribution in [0.25, 0.3) is 0 Å². The first-order valence-corrected chi connectivity index (χ1v) is 26.3. The molecule has 1 N–H and O–H groups in total. The number of hydrogen-bond donors (Lipinski definition) is 1. The lowest BCUT2D eigenvalue weighted by molar-refractivity contribution is -0.144. The molecule has 0 unspecified atom stereocenters. The van der Waals surface area contributed by atoms with Gasteiger partial charge in [-0.05, 0) is 105 Å². The highest BCUT2D eigenvalue weighted by atomic mass is 32.2. The molecule has 2 fully saturated rings. The average molecular weight is 949 g/mol. The van der Waals surface area contributed by atoms with Crippen LogP contribution in [0.5, 0.6) is 0 Å². The summed E-state index contributed by atoms with van der Waals surface area (Å²) in [5, 5.41) is 9.54. The molecule has 360 valence electrons. The van der Waals surface area contributed by atoms with E-state index in [0.29, 0.717) is 81.8 Å². The van der Waals surface area contributed by atoms with Crippen molar-refractivity contribution in [3.63, 3.8) is 0 Å². The molecule has 2 aliphatic carbocycles. The Bertz CT molecular complexity index is 2650. The molecule has 16 heteroatoms. The molecule has 0 atom stereocenters. The number of sulfonamides is 2. The highest BCUT2D eigenvalue weighted by Gasteiger charge is 2.38. The SMILES string of the molecule is CCOC(=O)Cn1c(C)c(Cc2ccccc2S(=O)(=O)N2CCOCC2)c2c1C(C)(C)CCC2.Cc1c(Cc2ccccc2S(=O)(=O)N2CCOCC2)c2c(n1CC(=O)O)C(C)(C)CCC2. The van der Waals surface area contributed by atoms with Crippen LogP contribution in [0.4, 0.5) is 0 Å². The lowest BCUT2D eigenvalue weighted by atomic mass is 9.75. The molecule has 0 saturated carbocycles. The van der Waals surface area contributed by atoms with Gasteiger partial charge in [-0.15, -0.1) is 0 Å². The monoisotopic (exact) mass is 948 g/mol. The number of ether oxygens (including phenoxy) is 3. The van der Waals surface area contributed by atoms with Gasteiger partial charge in [0.1, 0.15) is 13.1 Å². The summed E-state index contributed by atoms with van der Waals surface area (Å²) in [6.45, 7) is 18.2. The van der Waals surface area contributed by atoms with Crippen LogP contribution < -0.4 is 0 Å². The van der Waals surface area contributed by atoms with Crippen molar-refractivity contribution in [2.75, 3.05) is 59.2 Å². The number of nitrogens with zero attached hydrogens (tertiary/aromatic N) is 4. The molecule has 4 aliphatic rings. The predicted octanol–water partition coefficient (Wildman–Crippen LogP) is 6.69. The minimum Gasteiger partial charge on any atom is -0.480 e. The highest BCUT2D eigenvalue weighted by molar-refractivity contribution is 7.89. The number of fused-ring (bicyclic) bond motifs is 2. The Hall–Kier alpha value is -4.32. The second kappa shape index (κ2) is 20.1. The number of carbonyl (C=O) groups excluding carboxylic acids is 1. The van der Waals surface area contributed by atoms with Gasteiger partial charge in [0.25, 0.3) is 0 Å². The third kappa shape index (κ3) is 10.1. The van der Waals surface area contributed by atoms with Gasteiger partial charge >= 0.3 is 11.9 Å². The molecule has 0 radical (unpaired) electrons. The molecular weight excluding hydrogens is 881 g/mol. The average Bonchev–Trinajstić information content (AvgIpc) is 3.70. The van der Waals surface area contributed by atoms with Crippen LogP contribution in [0, 0.1) is 13.8 Å². The standard InChI is InChI=1S/C26H36N2O5S.C24H32N2O5S/c1-5-33-24(29)18-28-19(2)22(21-10-8-12-26(3,4)25(21)28)17-20-9-6-7-11-23(20)34(30,31)27-13-15-32-16-14-27;1-17-20(19-8-6-10-24(2,3)23(19)26(17)16-22(27)28)15-18-7-4-5-9-21(18)32(29,30)25-11-13-31-14-12-25/h6-7,9,11H,5,8,10,12-18H2,1-4H3;4-5,7,9H,6,8,10-16H2,1-3H3,(H,27,28). The maximum absolute atomic E-state index is 13.5. The molecule has 14 nitrogen and oxygen atoms in total. The summed E-state index contributed by atoms with van der Waals surface area (Å²) >= 11 is 0. The summed E-state index contributed by atoms with van der Waals surface area (Å²) in [6.07, 6.45) is 6.97. The summed E-state index contributed by atoms with van der Waals surface area (Å²) < 4.78 is 76.8. The van der Waals surface area contributed by atoms with E-state index >= 15 is 0 Å². The molecule has 0 bridgehead atoms. The van der Waals surface area contributed by atoms with Gasteiger partial charge in [-0.25, -0.2) is 16.8 Å². The Morgan fingerprint density at radius 1 is 0.652 bits per heavy atom. The number of aliphatic carboxylic acids is 1. The number of hydrogen-bond acceptors (Lipinski definition) is 9. The molecule has 4 heterocycles. The molecule has 2 aromatic heterocycles. The molecule has 2 saturated heterocycles. The number of carbonyl (C=O) groups is 2.